The number of carboxylic acids is 1. The van der Waals surface area contributed by atoms with Crippen LogP contribution in [0.5, 0.6) is 11.5 Å². The third kappa shape index (κ3) is 5.15. The van der Waals surface area contributed by atoms with Crippen LogP contribution in [0.15, 0.2) is 54.3 Å². The van der Waals surface area contributed by atoms with Gasteiger partial charge in [0.2, 0.25) is 18.3 Å². The van der Waals surface area contributed by atoms with Crippen molar-refractivity contribution < 1.29 is 62.6 Å². The van der Waals surface area contributed by atoms with E-state index in [1.54, 1.807) is 24.3 Å². The summed E-state index contributed by atoms with van der Waals surface area (Å²) in [7, 11) is 3.48. The highest BCUT2D eigenvalue weighted by molar-refractivity contribution is 5.90. The first kappa shape index (κ1) is 33.0. The number of carbonyl (C=O) groups excluding carboxylic acids is 4. The number of carbonyl (C=O) groups is 5. The Balaban J connectivity index is 1.35. The summed E-state index contributed by atoms with van der Waals surface area (Å²) in [5.41, 5.74) is -0.281. The fourth-order valence-electron chi connectivity index (χ4n) is 7.65. The van der Waals surface area contributed by atoms with Crippen LogP contribution in [-0.4, -0.2) is 95.6 Å². The first-order chi connectivity index (χ1) is 22.8. The summed E-state index contributed by atoms with van der Waals surface area (Å²) in [5, 5.41) is 22.1. The number of ether oxygens (including phenoxy) is 6. The van der Waals surface area contributed by atoms with Crippen LogP contribution in [0.25, 0.3) is 0 Å². The topological polar surface area (TPSA) is 184 Å². The molecular weight excluding hydrogens is 630 g/mol. The standard InChI is InChI=1S/C34H35NO13/c1-17(36)44-27(30(38)39)28(45-18(2)37)32(41)48-25(19-8-6-5-7-9-19)31(40)46-22-12-13-34(42)23-16-20-10-11-21(43-4)26-24(20)33(34,29(22)47-26)14-15-35(23)3/h5-12,23,25,27-29,42H,13-16H2,1-4H3,(H,38,39)/t23-,25-,27+,28+,29+,33+,34-/m0/s1. The molecular formula is C34H35NO13. The van der Waals surface area contributed by atoms with Gasteiger partial charge < -0.3 is 43.5 Å². The number of methoxy groups -OCH3 is 1. The average molecular weight is 666 g/mol. The smallest absolute Gasteiger partial charge is 0.357 e. The Bertz CT molecular complexity index is 1710. The van der Waals surface area contributed by atoms with E-state index in [0.29, 0.717) is 30.9 Å². The molecule has 0 saturated carbocycles. The molecule has 4 aliphatic rings. The number of aliphatic carboxylic acids is 1. The number of carboxylic acid groups (broad SMARTS) is 1. The highest BCUT2D eigenvalue weighted by atomic mass is 16.6. The minimum absolute atomic E-state index is 0.0934. The van der Waals surface area contributed by atoms with Gasteiger partial charge in [0.1, 0.15) is 5.76 Å². The SMILES string of the molecule is COc1ccc2c3c1O[C@@H]1C(OC(=O)[C@@H](OC(=O)[C@H](OC(C)=O)[C@@H](OC(C)=O)C(=O)O)c4ccccc4)=CC[C@]4(O)[C@H](C2)N(C)CC[C@@]314. The average Bonchev–Trinajstić information content (AvgIpc) is 3.40. The lowest BCUT2D eigenvalue weighted by Crippen LogP contribution is -2.74. The molecule has 2 heterocycles. The zero-order valence-electron chi connectivity index (χ0n) is 26.7. The Hall–Kier alpha value is -4.95. The summed E-state index contributed by atoms with van der Waals surface area (Å²) in [6.07, 6.45) is -4.44. The molecule has 14 heteroatoms. The van der Waals surface area contributed by atoms with Crippen molar-refractivity contribution in [2.24, 2.45) is 0 Å². The number of benzene rings is 2. The fraction of sp³-hybridized carbons (Fsp3) is 0.441. The number of hydrogen-bond acceptors (Lipinski definition) is 13. The number of piperidine rings is 1. The molecule has 0 aromatic heterocycles. The largest absolute Gasteiger partial charge is 0.493 e. The van der Waals surface area contributed by atoms with Gasteiger partial charge in [-0.3, -0.25) is 9.59 Å². The van der Waals surface area contributed by atoms with Crippen molar-refractivity contribution >= 4 is 29.8 Å². The number of hydrogen-bond donors (Lipinski definition) is 2. The van der Waals surface area contributed by atoms with Gasteiger partial charge >= 0.3 is 29.8 Å². The van der Waals surface area contributed by atoms with Gasteiger partial charge in [0.05, 0.1) is 18.1 Å². The maximum atomic E-state index is 14.0. The van der Waals surface area contributed by atoms with Crippen molar-refractivity contribution in [3.8, 4) is 11.5 Å². The van der Waals surface area contributed by atoms with Gasteiger partial charge in [0.25, 0.3) is 0 Å². The molecule has 0 unspecified atom stereocenters. The molecule has 254 valence electrons. The second-order valence-electron chi connectivity index (χ2n) is 12.3. The van der Waals surface area contributed by atoms with Gasteiger partial charge in [0.15, 0.2) is 17.6 Å². The Morgan fingerprint density at radius 3 is 2.29 bits per heavy atom. The van der Waals surface area contributed by atoms with Gasteiger partial charge in [-0.25, -0.2) is 14.4 Å². The second kappa shape index (κ2) is 12.3. The van der Waals surface area contributed by atoms with Crippen LogP contribution in [0.2, 0.25) is 0 Å². The van der Waals surface area contributed by atoms with Crippen LogP contribution in [0, 0.1) is 0 Å². The summed E-state index contributed by atoms with van der Waals surface area (Å²) in [6.45, 7) is 2.47. The highest BCUT2D eigenvalue weighted by Crippen LogP contribution is 2.65. The number of rotatable bonds is 10. The summed E-state index contributed by atoms with van der Waals surface area (Å²) in [6, 6.07) is 11.3. The van der Waals surface area contributed by atoms with Gasteiger partial charge in [0, 0.05) is 37.4 Å². The molecule has 1 fully saturated rings. The summed E-state index contributed by atoms with van der Waals surface area (Å²) in [4.78, 5) is 65.0. The van der Waals surface area contributed by atoms with Crippen LogP contribution >= 0.6 is 0 Å². The molecule has 14 nitrogen and oxygen atoms in total. The number of likely N-dealkylation sites (tertiary alicyclic amines) is 1. The van der Waals surface area contributed by atoms with Crippen molar-refractivity contribution in [1.82, 2.24) is 4.90 Å². The summed E-state index contributed by atoms with van der Waals surface area (Å²) < 4.78 is 33.3. The molecule has 1 saturated heterocycles. The lowest BCUT2D eigenvalue weighted by molar-refractivity contribution is -0.194. The molecule has 7 atom stereocenters. The lowest BCUT2D eigenvalue weighted by atomic mass is 9.50. The molecule has 1 spiro atoms. The molecule has 48 heavy (non-hydrogen) atoms. The number of aliphatic hydroxyl groups is 1. The maximum absolute atomic E-state index is 14.0. The van der Waals surface area contributed by atoms with Gasteiger partial charge in [-0.05, 0) is 44.1 Å². The first-order valence-corrected chi connectivity index (χ1v) is 15.4. The molecule has 2 aromatic rings. The Morgan fingerprint density at radius 2 is 1.65 bits per heavy atom. The van der Waals surface area contributed by atoms with Crippen molar-refractivity contribution in [1.29, 1.82) is 0 Å². The van der Waals surface area contributed by atoms with Crippen molar-refractivity contribution in [3.63, 3.8) is 0 Å². The Labute approximate surface area is 275 Å². The number of nitrogens with zero attached hydrogens (tertiary/aromatic N) is 1. The second-order valence-corrected chi connectivity index (χ2v) is 12.3. The van der Waals surface area contributed by atoms with Gasteiger partial charge in [-0.15, -0.1) is 0 Å². The van der Waals surface area contributed by atoms with Gasteiger partial charge in [-0.2, -0.15) is 0 Å². The van der Waals surface area contributed by atoms with Crippen molar-refractivity contribution in [3.05, 3.63) is 71.0 Å². The van der Waals surface area contributed by atoms with E-state index in [9.17, 15) is 34.2 Å². The fourth-order valence-corrected chi connectivity index (χ4v) is 7.65. The summed E-state index contributed by atoms with van der Waals surface area (Å²) >= 11 is 0. The van der Waals surface area contributed by atoms with Crippen LogP contribution in [0.1, 0.15) is 49.5 Å². The molecule has 2 aliphatic carbocycles. The maximum Gasteiger partial charge on any atom is 0.357 e. The van der Waals surface area contributed by atoms with E-state index in [1.807, 2.05) is 19.2 Å². The Morgan fingerprint density at radius 1 is 0.958 bits per heavy atom. The van der Waals surface area contributed by atoms with E-state index in [2.05, 4.69) is 4.90 Å². The van der Waals surface area contributed by atoms with E-state index < -0.39 is 65.3 Å². The van der Waals surface area contributed by atoms with E-state index in [1.165, 1.54) is 19.2 Å². The predicted molar refractivity (Wildman–Crippen MR) is 162 cm³/mol. The number of likely N-dealkylation sites (N-methyl/N-ethyl adjacent to an activating group) is 1. The normalized spacial score (nSPS) is 26.7. The molecule has 2 aromatic carbocycles. The first-order valence-electron chi connectivity index (χ1n) is 15.4. The zero-order chi connectivity index (χ0) is 34.5. The van der Waals surface area contributed by atoms with E-state index in [0.717, 1.165) is 25.0 Å². The third-order valence-electron chi connectivity index (χ3n) is 9.66. The van der Waals surface area contributed by atoms with Crippen molar-refractivity contribution in [2.45, 2.75) is 74.6 Å². The molecule has 2 aliphatic heterocycles. The quantitative estimate of drug-likeness (QED) is 0.276. The predicted octanol–water partition coefficient (Wildman–Crippen LogP) is 1.75. The van der Waals surface area contributed by atoms with E-state index >= 15 is 0 Å². The zero-order valence-corrected chi connectivity index (χ0v) is 26.7. The van der Waals surface area contributed by atoms with E-state index in [4.69, 9.17) is 28.4 Å². The minimum Gasteiger partial charge on any atom is -0.493 e. The number of esters is 4. The molecule has 2 bridgehead atoms. The van der Waals surface area contributed by atoms with Crippen molar-refractivity contribution in [2.75, 3.05) is 20.7 Å². The molecule has 0 radical (unpaired) electrons. The van der Waals surface area contributed by atoms with Gasteiger partial charge in [-0.1, -0.05) is 36.4 Å². The third-order valence-corrected chi connectivity index (χ3v) is 9.66. The highest BCUT2D eigenvalue weighted by Gasteiger charge is 2.72. The van der Waals surface area contributed by atoms with Crippen LogP contribution in [0.4, 0.5) is 0 Å². The minimum atomic E-state index is -2.26. The lowest BCUT2D eigenvalue weighted by Gasteiger charge is -2.61. The Kier molecular flexibility index (Phi) is 8.42. The van der Waals surface area contributed by atoms with Crippen LogP contribution in [-0.2, 0) is 54.8 Å². The van der Waals surface area contributed by atoms with Crippen LogP contribution < -0.4 is 9.47 Å². The van der Waals surface area contributed by atoms with Crippen LogP contribution in [0.3, 0.4) is 0 Å². The molecule has 0 amide bonds. The summed E-state index contributed by atoms with van der Waals surface area (Å²) in [5.74, 6) is -5.44. The molecule has 6 rings (SSSR count). The van der Waals surface area contributed by atoms with E-state index in [-0.39, 0.29) is 23.8 Å². The molecule has 2 N–H and O–H groups in total. The monoisotopic (exact) mass is 665 g/mol.